The van der Waals surface area contributed by atoms with Crippen molar-refractivity contribution in [1.29, 1.82) is 0 Å². The largest absolute Gasteiger partial charge is 0.301 e. The van der Waals surface area contributed by atoms with Crippen LogP contribution in [0.25, 0.3) is 11.5 Å². The zero-order valence-electron chi connectivity index (χ0n) is 16.1. The number of piperidine rings is 1. The van der Waals surface area contributed by atoms with Crippen LogP contribution in [0.15, 0.2) is 42.7 Å². The number of rotatable bonds is 4. The molecule has 6 heteroatoms. The van der Waals surface area contributed by atoms with Gasteiger partial charge in [0.15, 0.2) is 5.82 Å². The van der Waals surface area contributed by atoms with Gasteiger partial charge in [-0.25, -0.2) is 13.8 Å². The second-order valence-electron chi connectivity index (χ2n) is 7.62. The monoisotopic (exact) mass is 367 g/mol. The number of aryl methyl sites for hydroxylation is 1. The fourth-order valence-corrected chi connectivity index (χ4v) is 3.90. The van der Waals surface area contributed by atoms with Gasteiger partial charge >= 0.3 is 0 Å². The maximum Gasteiger partial charge on any atom is 0.157 e. The molecule has 0 bridgehead atoms. The van der Waals surface area contributed by atoms with Crippen molar-refractivity contribution in [2.45, 2.75) is 45.6 Å². The van der Waals surface area contributed by atoms with Crippen LogP contribution in [0.1, 0.15) is 43.9 Å². The van der Waals surface area contributed by atoms with Gasteiger partial charge in [-0.2, -0.15) is 10.2 Å². The predicted octanol–water partition coefficient (Wildman–Crippen LogP) is 4.09. The molecule has 1 aliphatic rings. The lowest BCUT2D eigenvalue weighted by Gasteiger charge is -2.33. The van der Waals surface area contributed by atoms with Crippen molar-refractivity contribution in [2.75, 3.05) is 13.1 Å². The molecule has 0 atom stereocenters. The second-order valence-corrected chi connectivity index (χ2v) is 7.62. The maximum absolute atomic E-state index is 13.6. The molecule has 5 nitrogen and oxygen atoms in total. The molecule has 0 unspecified atom stereocenters. The zero-order valence-corrected chi connectivity index (χ0v) is 16.1. The summed E-state index contributed by atoms with van der Waals surface area (Å²) in [5, 5.41) is 9.32. The van der Waals surface area contributed by atoms with Crippen molar-refractivity contribution >= 4 is 0 Å². The Labute approximate surface area is 159 Å². The van der Waals surface area contributed by atoms with Gasteiger partial charge in [-0.15, -0.1) is 0 Å². The summed E-state index contributed by atoms with van der Waals surface area (Å²) in [6, 6.07) is 9.43. The van der Waals surface area contributed by atoms with Crippen LogP contribution in [-0.2, 0) is 0 Å². The fraction of sp³-hybridized carbons (Fsp3) is 0.429. The summed E-state index contributed by atoms with van der Waals surface area (Å²) in [7, 11) is 0. The third-order valence-electron chi connectivity index (χ3n) is 5.51. The van der Waals surface area contributed by atoms with Crippen molar-refractivity contribution in [3.63, 3.8) is 0 Å². The summed E-state index contributed by atoms with van der Waals surface area (Å²) in [5.41, 5.74) is 2.83. The lowest BCUT2D eigenvalue weighted by molar-refractivity contribution is 0.170. The van der Waals surface area contributed by atoms with Gasteiger partial charge in [0.1, 0.15) is 5.82 Å². The molecule has 3 aromatic rings. The van der Waals surface area contributed by atoms with E-state index in [-0.39, 0.29) is 5.82 Å². The number of likely N-dealkylation sites (tertiary alicyclic amines) is 1. The standard InChI is InChI=1S/C21H26FN5/c1-15(2)25-11-7-17(8-12-25)19-14-21(26-10-4-9-23-26)27(24-19)20-6-5-18(22)13-16(20)3/h4-6,9-10,13-15,17H,7-8,11-12H2,1-3H3. The van der Waals surface area contributed by atoms with E-state index in [2.05, 4.69) is 29.9 Å². The molecule has 0 amide bonds. The molecule has 0 radical (unpaired) electrons. The molecule has 1 aliphatic heterocycles. The van der Waals surface area contributed by atoms with Crippen LogP contribution in [0.2, 0.25) is 0 Å². The van der Waals surface area contributed by atoms with E-state index in [0.29, 0.717) is 12.0 Å². The molecule has 0 saturated carbocycles. The molecule has 1 fully saturated rings. The molecular formula is C21H26FN5. The Hall–Kier alpha value is -2.47. The first-order valence-corrected chi connectivity index (χ1v) is 9.63. The zero-order chi connectivity index (χ0) is 19.0. The first-order valence-electron chi connectivity index (χ1n) is 9.63. The lowest BCUT2D eigenvalue weighted by Crippen LogP contribution is -2.37. The minimum absolute atomic E-state index is 0.231. The Morgan fingerprint density at radius 3 is 2.56 bits per heavy atom. The van der Waals surface area contributed by atoms with E-state index in [1.54, 1.807) is 18.3 Å². The van der Waals surface area contributed by atoms with Crippen LogP contribution >= 0.6 is 0 Å². The first kappa shape index (κ1) is 17.9. The number of aromatic nitrogens is 4. The van der Waals surface area contributed by atoms with E-state index < -0.39 is 0 Å². The number of hydrogen-bond acceptors (Lipinski definition) is 3. The van der Waals surface area contributed by atoms with E-state index in [0.717, 1.165) is 48.7 Å². The molecule has 1 aromatic carbocycles. The highest BCUT2D eigenvalue weighted by Gasteiger charge is 2.25. The van der Waals surface area contributed by atoms with Crippen LogP contribution in [0.5, 0.6) is 0 Å². The van der Waals surface area contributed by atoms with Gasteiger partial charge in [-0.1, -0.05) is 0 Å². The van der Waals surface area contributed by atoms with Gasteiger partial charge in [0.2, 0.25) is 0 Å². The minimum Gasteiger partial charge on any atom is -0.301 e. The molecule has 3 heterocycles. The highest BCUT2D eigenvalue weighted by molar-refractivity contribution is 5.45. The van der Waals surface area contributed by atoms with E-state index >= 15 is 0 Å². The predicted molar refractivity (Wildman–Crippen MR) is 104 cm³/mol. The van der Waals surface area contributed by atoms with Crippen LogP contribution in [0.3, 0.4) is 0 Å². The molecule has 0 aliphatic carbocycles. The number of halogens is 1. The number of benzene rings is 1. The third-order valence-corrected chi connectivity index (χ3v) is 5.51. The Morgan fingerprint density at radius 1 is 1.15 bits per heavy atom. The van der Waals surface area contributed by atoms with Crippen molar-refractivity contribution < 1.29 is 4.39 Å². The first-order chi connectivity index (χ1) is 13.0. The minimum atomic E-state index is -0.231. The Morgan fingerprint density at radius 2 is 1.93 bits per heavy atom. The van der Waals surface area contributed by atoms with Crippen LogP contribution in [-0.4, -0.2) is 43.6 Å². The molecule has 0 N–H and O–H groups in total. The van der Waals surface area contributed by atoms with E-state index in [1.165, 1.54) is 6.07 Å². The molecule has 27 heavy (non-hydrogen) atoms. The van der Waals surface area contributed by atoms with Crippen molar-refractivity contribution in [3.8, 4) is 11.5 Å². The van der Waals surface area contributed by atoms with Crippen molar-refractivity contribution in [2.24, 2.45) is 0 Å². The fourth-order valence-electron chi connectivity index (χ4n) is 3.90. The molecule has 0 spiro atoms. The highest BCUT2D eigenvalue weighted by atomic mass is 19.1. The average molecular weight is 367 g/mol. The summed E-state index contributed by atoms with van der Waals surface area (Å²) in [6.07, 6.45) is 5.89. The quantitative estimate of drug-likeness (QED) is 0.697. The van der Waals surface area contributed by atoms with Gasteiger partial charge in [-0.05, 0) is 76.5 Å². The summed E-state index contributed by atoms with van der Waals surface area (Å²) in [5.74, 6) is 1.10. The van der Waals surface area contributed by atoms with E-state index in [4.69, 9.17) is 5.10 Å². The van der Waals surface area contributed by atoms with Gasteiger partial charge < -0.3 is 4.90 Å². The van der Waals surface area contributed by atoms with Gasteiger partial charge in [0.05, 0.1) is 11.4 Å². The van der Waals surface area contributed by atoms with Gasteiger partial charge in [0.25, 0.3) is 0 Å². The lowest BCUT2D eigenvalue weighted by atomic mass is 9.93. The molecule has 1 saturated heterocycles. The molecule has 2 aromatic heterocycles. The normalized spacial score (nSPS) is 16.3. The van der Waals surface area contributed by atoms with E-state index in [9.17, 15) is 4.39 Å². The van der Waals surface area contributed by atoms with Crippen molar-refractivity contribution in [1.82, 2.24) is 24.5 Å². The van der Waals surface area contributed by atoms with Crippen LogP contribution in [0, 0.1) is 12.7 Å². The Bertz CT molecular complexity index is 905. The summed E-state index contributed by atoms with van der Waals surface area (Å²) in [4.78, 5) is 2.52. The van der Waals surface area contributed by atoms with Crippen LogP contribution in [0.4, 0.5) is 4.39 Å². The third kappa shape index (κ3) is 3.54. The maximum atomic E-state index is 13.6. The number of hydrogen-bond donors (Lipinski definition) is 0. The molecule has 4 rings (SSSR count). The Balaban J connectivity index is 1.71. The summed E-state index contributed by atoms with van der Waals surface area (Å²) >= 11 is 0. The van der Waals surface area contributed by atoms with E-state index in [1.807, 2.05) is 28.6 Å². The Kier molecular flexibility index (Phi) is 4.83. The van der Waals surface area contributed by atoms with Gasteiger partial charge in [-0.3, -0.25) is 0 Å². The average Bonchev–Trinajstić information content (AvgIpc) is 3.31. The topological polar surface area (TPSA) is 38.9 Å². The van der Waals surface area contributed by atoms with Crippen molar-refractivity contribution in [3.05, 3.63) is 59.8 Å². The smallest absolute Gasteiger partial charge is 0.157 e. The summed E-state index contributed by atoms with van der Waals surface area (Å²) in [6.45, 7) is 8.61. The number of nitrogens with zero attached hydrogens (tertiary/aromatic N) is 5. The summed E-state index contributed by atoms with van der Waals surface area (Å²) < 4.78 is 17.3. The van der Waals surface area contributed by atoms with Crippen LogP contribution < -0.4 is 0 Å². The van der Waals surface area contributed by atoms with Gasteiger partial charge in [0, 0.05) is 30.4 Å². The SMILES string of the molecule is Cc1cc(F)ccc1-n1nc(C2CCN(C(C)C)CC2)cc1-n1cccn1. The molecule has 142 valence electrons. The molecular weight excluding hydrogens is 341 g/mol. The second kappa shape index (κ2) is 7.27. The highest BCUT2D eigenvalue weighted by Crippen LogP contribution is 2.30.